The van der Waals surface area contributed by atoms with Gasteiger partial charge in [-0.05, 0) is 44.2 Å². The van der Waals surface area contributed by atoms with Gasteiger partial charge in [-0.1, -0.05) is 48.5 Å². The number of hydrogen-bond donors (Lipinski definition) is 1. The molecule has 230 valence electrons. The van der Waals surface area contributed by atoms with Crippen molar-refractivity contribution in [3.8, 4) is 17.0 Å². The van der Waals surface area contributed by atoms with E-state index < -0.39 is 29.3 Å². The summed E-state index contributed by atoms with van der Waals surface area (Å²) < 4.78 is 52.7. The molecule has 1 aliphatic rings. The highest BCUT2D eigenvalue weighted by Crippen LogP contribution is 2.39. The number of ether oxygens (including phenoxy) is 1. The Bertz CT molecular complexity index is 1610. The number of amides is 1. The Kier molecular flexibility index (Phi) is 9.26. The summed E-state index contributed by atoms with van der Waals surface area (Å²) in [4.78, 5) is 42.4. The maximum atomic E-state index is 13.6. The molecule has 2 heterocycles. The van der Waals surface area contributed by atoms with E-state index in [-0.39, 0.29) is 36.3 Å². The lowest BCUT2D eigenvalue weighted by Crippen LogP contribution is -2.28. The van der Waals surface area contributed by atoms with E-state index >= 15 is 0 Å². The maximum absolute atomic E-state index is 13.6. The fourth-order valence-electron chi connectivity index (χ4n) is 5.42. The number of methoxy groups -OCH3 is 1. The zero-order valence-electron chi connectivity index (χ0n) is 24.0. The van der Waals surface area contributed by atoms with Gasteiger partial charge in [0.2, 0.25) is 0 Å². The number of para-hydroxylation sites is 1. The molecule has 0 spiro atoms. The van der Waals surface area contributed by atoms with Crippen LogP contribution >= 0.6 is 0 Å². The lowest BCUT2D eigenvalue weighted by atomic mass is 9.79. The zero-order valence-corrected chi connectivity index (χ0v) is 24.0. The minimum atomic E-state index is -4.81. The second-order valence-corrected chi connectivity index (χ2v) is 10.6. The van der Waals surface area contributed by atoms with Crippen molar-refractivity contribution in [2.75, 3.05) is 13.7 Å². The average Bonchev–Trinajstić information content (AvgIpc) is 3.70. The molecule has 1 N–H and O–H groups in total. The second-order valence-electron chi connectivity index (χ2n) is 10.6. The number of hydrogen-bond acceptors (Lipinski definition) is 7. The highest BCUT2D eigenvalue weighted by molar-refractivity contribution is 5.95. The van der Waals surface area contributed by atoms with E-state index in [4.69, 9.17) is 9.15 Å². The maximum Gasteiger partial charge on any atom is 0.435 e. The minimum Gasteiger partial charge on any atom is -0.464 e. The molecule has 2 aromatic carbocycles. The number of nitrogens with zero attached hydrogens (tertiary/aromatic N) is 3. The van der Waals surface area contributed by atoms with Crippen molar-refractivity contribution in [1.29, 1.82) is 0 Å². The van der Waals surface area contributed by atoms with Crippen LogP contribution in [0, 0.1) is 5.92 Å². The first kappa shape index (κ1) is 30.7. The monoisotopic (exact) mass is 608 g/mol. The number of carbonyl (C=O) groups excluding carboxylic acids is 3. The van der Waals surface area contributed by atoms with E-state index in [0.717, 1.165) is 10.9 Å². The molecule has 0 radical (unpaired) electrons. The summed E-state index contributed by atoms with van der Waals surface area (Å²) in [5.74, 6) is -0.897. The Labute approximate surface area is 251 Å². The largest absolute Gasteiger partial charge is 0.464 e. The molecule has 1 fully saturated rings. The third kappa shape index (κ3) is 6.90. The van der Waals surface area contributed by atoms with E-state index in [1.807, 2.05) is 30.3 Å². The Morgan fingerprint density at radius 1 is 1.00 bits per heavy atom. The SMILES string of the molecule is COC(=O)c1nc(C2CCC(C(=O)CCCNC(=O)c3cn(-c4ccccc4)nc3C(F)(F)F)CC2)oc1-c1ccccc1. The summed E-state index contributed by atoms with van der Waals surface area (Å²) in [7, 11) is 1.28. The molecule has 44 heavy (non-hydrogen) atoms. The number of alkyl halides is 3. The molecule has 2 aromatic heterocycles. The molecule has 0 unspecified atom stereocenters. The van der Waals surface area contributed by atoms with Crippen LogP contribution in [0.3, 0.4) is 0 Å². The molecule has 0 aliphatic heterocycles. The lowest BCUT2D eigenvalue weighted by Gasteiger charge is -2.25. The van der Waals surface area contributed by atoms with Crippen LogP contribution < -0.4 is 5.32 Å². The number of Topliss-reactive ketones (excluding diaryl/α,β-unsaturated/α-hetero) is 1. The molecule has 0 bridgehead atoms. The van der Waals surface area contributed by atoms with Crippen LogP contribution in [0.1, 0.15) is 76.9 Å². The number of esters is 1. The van der Waals surface area contributed by atoms with Crippen LogP contribution in [0.4, 0.5) is 13.2 Å². The van der Waals surface area contributed by atoms with Crippen molar-refractivity contribution >= 4 is 17.7 Å². The number of ketones is 1. The number of carbonyl (C=O) groups is 3. The van der Waals surface area contributed by atoms with Gasteiger partial charge in [0.25, 0.3) is 5.91 Å². The standard InChI is InChI=1S/C32H31F3N4O5/c1-43-31(42)26-27(21-9-4-2-5-10-21)44-30(37-26)22-16-14-20(15-17-22)25(40)13-8-18-36-29(41)24-19-39(23-11-6-3-7-12-23)38-28(24)32(33,34)35/h2-7,9-12,19-20,22H,8,13-18H2,1H3,(H,36,41). The van der Waals surface area contributed by atoms with Crippen molar-refractivity contribution in [3.63, 3.8) is 0 Å². The molecule has 12 heteroatoms. The van der Waals surface area contributed by atoms with Gasteiger partial charge in [-0.2, -0.15) is 18.3 Å². The van der Waals surface area contributed by atoms with Crippen molar-refractivity contribution in [2.45, 2.75) is 50.6 Å². The van der Waals surface area contributed by atoms with Gasteiger partial charge in [0, 0.05) is 36.6 Å². The first-order valence-corrected chi connectivity index (χ1v) is 14.3. The summed E-state index contributed by atoms with van der Waals surface area (Å²) in [6.45, 7) is 0.0443. The molecule has 9 nitrogen and oxygen atoms in total. The van der Waals surface area contributed by atoms with Crippen molar-refractivity contribution in [1.82, 2.24) is 20.1 Å². The molecule has 1 amide bonds. The van der Waals surface area contributed by atoms with Gasteiger partial charge < -0.3 is 14.5 Å². The van der Waals surface area contributed by atoms with Crippen LogP contribution in [0.15, 0.2) is 71.3 Å². The molecule has 4 aromatic rings. The fraction of sp³-hybridized carbons (Fsp3) is 0.344. The summed E-state index contributed by atoms with van der Waals surface area (Å²) in [5.41, 5.74) is -0.637. The number of oxazole rings is 1. The van der Waals surface area contributed by atoms with Crippen molar-refractivity contribution in [2.24, 2.45) is 5.92 Å². The van der Waals surface area contributed by atoms with Gasteiger partial charge in [-0.25, -0.2) is 14.5 Å². The lowest BCUT2D eigenvalue weighted by molar-refractivity contribution is -0.141. The van der Waals surface area contributed by atoms with Gasteiger partial charge in [-0.15, -0.1) is 0 Å². The van der Waals surface area contributed by atoms with E-state index in [0.29, 0.717) is 55.0 Å². The second kappa shape index (κ2) is 13.3. The summed E-state index contributed by atoms with van der Waals surface area (Å²) >= 11 is 0. The minimum absolute atomic E-state index is 0.0400. The number of aromatic nitrogens is 3. The van der Waals surface area contributed by atoms with Crippen LogP contribution in [0.2, 0.25) is 0 Å². The molecule has 0 atom stereocenters. The number of benzene rings is 2. The summed E-state index contributed by atoms with van der Waals surface area (Å²) in [5, 5.41) is 6.09. The van der Waals surface area contributed by atoms with Gasteiger partial charge in [0.05, 0.1) is 18.4 Å². The average molecular weight is 609 g/mol. The van der Waals surface area contributed by atoms with Gasteiger partial charge in [0.1, 0.15) is 5.78 Å². The Morgan fingerprint density at radius 2 is 1.66 bits per heavy atom. The highest BCUT2D eigenvalue weighted by Gasteiger charge is 2.39. The predicted molar refractivity (Wildman–Crippen MR) is 153 cm³/mol. The highest BCUT2D eigenvalue weighted by atomic mass is 19.4. The zero-order chi connectivity index (χ0) is 31.3. The molecule has 1 aliphatic carbocycles. The quantitative estimate of drug-likeness (QED) is 0.164. The first-order valence-electron chi connectivity index (χ1n) is 14.3. The third-order valence-corrected chi connectivity index (χ3v) is 7.72. The molecular formula is C32H31F3N4O5. The Morgan fingerprint density at radius 3 is 2.30 bits per heavy atom. The van der Waals surface area contributed by atoms with E-state index in [1.165, 1.54) is 7.11 Å². The van der Waals surface area contributed by atoms with E-state index in [1.54, 1.807) is 30.3 Å². The van der Waals surface area contributed by atoms with Gasteiger partial charge in [-0.3, -0.25) is 9.59 Å². The van der Waals surface area contributed by atoms with Crippen LogP contribution in [-0.2, 0) is 15.7 Å². The molecule has 0 saturated heterocycles. The molecular weight excluding hydrogens is 577 g/mol. The first-order chi connectivity index (χ1) is 21.2. The normalized spacial score (nSPS) is 16.8. The van der Waals surface area contributed by atoms with Crippen molar-refractivity contribution in [3.05, 3.63) is 89.7 Å². The third-order valence-electron chi connectivity index (χ3n) is 7.72. The van der Waals surface area contributed by atoms with E-state index in [9.17, 15) is 27.6 Å². The van der Waals surface area contributed by atoms with Crippen LogP contribution in [0.5, 0.6) is 0 Å². The van der Waals surface area contributed by atoms with Gasteiger partial charge in [0.15, 0.2) is 23.0 Å². The number of halogens is 3. The summed E-state index contributed by atoms with van der Waals surface area (Å²) in [6.07, 6.45) is -0.753. The Hall–Kier alpha value is -4.74. The summed E-state index contributed by atoms with van der Waals surface area (Å²) in [6, 6.07) is 17.4. The van der Waals surface area contributed by atoms with Gasteiger partial charge >= 0.3 is 12.1 Å². The molecule has 1 saturated carbocycles. The van der Waals surface area contributed by atoms with Crippen molar-refractivity contribution < 1.29 is 36.7 Å². The fourth-order valence-corrected chi connectivity index (χ4v) is 5.42. The van der Waals surface area contributed by atoms with Crippen LogP contribution in [0.25, 0.3) is 17.0 Å². The topological polar surface area (TPSA) is 116 Å². The van der Waals surface area contributed by atoms with Crippen LogP contribution in [-0.4, -0.2) is 46.1 Å². The Balaban J connectivity index is 1.13. The van der Waals surface area contributed by atoms with E-state index in [2.05, 4.69) is 15.4 Å². The number of nitrogens with one attached hydrogen (secondary N) is 1. The number of rotatable bonds is 10. The smallest absolute Gasteiger partial charge is 0.435 e. The predicted octanol–water partition coefficient (Wildman–Crippen LogP) is 6.39. The molecule has 5 rings (SSSR count).